The molecule has 0 saturated carbocycles. The zero-order valence-electron chi connectivity index (χ0n) is 33.1. The van der Waals surface area contributed by atoms with Crippen LogP contribution < -0.4 is 11.1 Å². The van der Waals surface area contributed by atoms with Crippen LogP contribution >= 0.6 is 7.82 Å². The van der Waals surface area contributed by atoms with E-state index < -0.39 is 20.0 Å². The van der Waals surface area contributed by atoms with Crippen LogP contribution in [0.1, 0.15) is 194 Å². The Bertz CT molecular complexity index is 897. The van der Waals surface area contributed by atoms with E-state index in [1.54, 1.807) is 6.08 Å². The lowest BCUT2D eigenvalue weighted by molar-refractivity contribution is -0.123. The summed E-state index contributed by atoms with van der Waals surface area (Å²) in [7, 11) is -4.34. The monoisotopic (exact) mass is 741 g/mol. The summed E-state index contributed by atoms with van der Waals surface area (Å²) < 4.78 is 22.1. The molecule has 8 nitrogen and oxygen atoms in total. The molecule has 0 aromatic heterocycles. The van der Waals surface area contributed by atoms with Crippen molar-refractivity contribution in [2.45, 2.75) is 206 Å². The molecule has 0 aromatic rings. The Hall–Kier alpha value is -1.28. The average Bonchev–Trinajstić information content (AvgIpc) is 3.12. The number of phosphoric ester groups is 1. The van der Waals surface area contributed by atoms with Gasteiger partial charge in [-0.15, -0.1) is 0 Å². The van der Waals surface area contributed by atoms with E-state index in [2.05, 4.69) is 43.5 Å². The maximum absolute atomic E-state index is 12.7. The molecule has 300 valence electrons. The predicted octanol–water partition coefficient (Wildman–Crippen LogP) is 11.6. The summed E-state index contributed by atoms with van der Waals surface area (Å²) >= 11 is 0. The highest BCUT2D eigenvalue weighted by atomic mass is 31.2. The zero-order valence-corrected chi connectivity index (χ0v) is 34.0. The van der Waals surface area contributed by atoms with Crippen LogP contribution in [0.2, 0.25) is 0 Å². The maximum Gasteiger partial charge on any atom is 0.472 e. The molecule has 0 bridgehead atoms. The molecule has 0 saturated heterocycles. The molecule has 0 radical (unpaired) electrons. The third kappa shape index (κ3) is 36.9. The first-order valence-electron chi connectivity index (χ1n) is 21.1. The van der Waals surface area contributed by atoms with Crippen molar-refractivity contribution >= 4 is 13.7 Å². The lowest BCUT2D eigenvalue weighted by atomic mass is 10.0. The standard InChI is InChI=1S/C42H81N2O6P/c1-3-5-7-9-11-13-15-17-18-19-20-21-22-24-25-27-29-31-33-35-41(45)40(39-50-51(47,48)49-38-37-43)44-42(46)36-34-32-30-28-26-23-16-14-12-10-8-6-4-2/h8,10,14,16,33,35,40-41,45H,3-7,9,11-13,15,17-32,34,36-39,43H2,1-2H3,(H,44,46)(H,47,48)/b10-8-,16-14-,35-33+. The molecule has 0 fully saturated rings. The van der Waals surface area contributed by atoms with Gasteiger partial charge in [-0.1, -0.05) is 179 Å². The van der Waals surface area contributed by atoms with Gasteiger partial charge in [-0.3, -0.25) is 13.8 Å². The highest BCUT2D eigenvalue weighted by Crippen LogP contribution is 2.43. The normalized spacial score (nSPS) is 14.5. The highest BCUT2D eigenvalue weighted by Gasteiger charge is 2.26. The number of aliphatic hydroxyl groups is 1. The Kier molecular flexibility index (Phi) is 37.5. The second-order valence-corrected chi connectivity index (χ2v) is 15.7. The van der Waals surface area contributed by atoms with Crippen molar-refractivity contribution in [1.29, 1.82) is 0 Å². The lowest BCUT2D eigenvalue weighted by Gasteiger charge is -2.23. The largest absolute Gasteiger partial charge is 0.472 e. The average molecular weight is 741 g/mol. The van der Waals surface area contributed by atoms with E-state index >= 15 is 0 Å². The van der Waals surface area contributed by atoms with Gasteiger partial charge < -0.3 is 21.1 Å². The summed E-state index contributed by atoms with van der Waals surface area (Å²) in [6.45, 7) is 4.06. The quantitative estimate of drug-likeness (QED) is 0.0280. The van der Waals surface area contributed by atoms with Crippen molar-refractivity contribution < 1.29 is 28.4 Å². The number of aliphatic hydroxyl groups excluding tert-OH is 1. The topological polar surface area (TPSA) is 131 Å². The Morgan fingerprint density at radius 3 is 1.63 bits per heavy atom. The molecule has 0 aliphatic carbocycles. The molecular formula is C42H81N2O6P. The van der Waals surface area contributed by atoms with Crippen molar-refractivity contribution in [2.75, 3.05) is 19.8 Å². The first-order chi connectivity index (χ1) is 24.9. The van der Waals surface area contributed by atoms with E-state index in [0.29, 0.717) is 6.42 Å². The van der Waals surface area contributed by atoms with Crippen LogP contribution in [0.5, 0.6) is 0 Å². The van der Waals surface area contributed by atoms with Gasteiger partial charge in [0.25, 0.3) is 0 Å². The Morgan fingerprint density at radius 1 is 0.647 bits per heavy atom. The molecule has 51 heavy (non-hydrogen) atoms. The van der Waals surface area contributed by atoms with Crippen molar-refractivity contribution in [3.63, 3.8) is 0 Å². The molecule has 1 amide bonds. The smallest absolute Gasteiger partial charge is 0.387 e. The van der Waals surface area contributed by atoms with Crippen LogP contribution in [0.3, 0.4) is 0 Å². The number of nitrogens with two attached hydrogens (primary N) is 1. The molecule has 0 aromatic carbocycles. The number of hydrogen-bond acceptors (Lipinski definition) is 6. The van der Waals surface area contributed by atoms with Crippen LogP contribution in [0.25, 0.3) is 0 Å². The van der Waals surface area contributed by atoms with E-state index in [4.69, 9.17) is 14.8 Å². The van der Waals surface area contributed by atoms with Gasteiger partial charge in [0.1, 0.15) is 0 Å². The van der Waals surface area contributed by atoms with Crippen LogP contribution in [0.15, 0.2) is 36.5 Å². The Morgan fingerprint density at radius 2 is 1.12 bits per heavy atom. The zero-order chi connectivity index (χ0) is 37.5. The van der Waals surface area contributed by atoms with Gasteiger partial charge in [0.15, 0.2) is 0 Å². The summed E-state index contributed by atoms with van der Waals surface area (Å²) in [5, 5.41) is 13.6. The number of carbonyl (C=O) groups excluding carboxylic acids is 1. The minimum Gasteiger partial charge on any atom is -0.387 e. The summed E-state index contributed by atoms with van der Waals surface area (Å²) in [5.74, 6) is -0.209. The lowest BCUT2D eigenvalue weighted by Crippen LogP contribution is -2.45. The van der Waals surface area contributed by atoms with Crippen LogP contribution in [0.4, 0.5) is 0 Å². The van der Waals surface area contributed by atoms with Crippen molar-refractivity contribution in [3.8, 4) is 0 Å². The Balaban J connectivity index is 4.23. The Labute approximate surface area is 314 Å². The molecule has 0 heterocycles. The van der Waals surface area contributed by atoms with E-state index in [9.17, 15) is 19.4 Å². The van der Waals surface area contributed by atoms with Crippen molar-refractivity contribution in [1.82, 2.24) is 5.32 Å². The number of amides is 1. The molecule has 0 aliphatic heterocycles. The second kappa shape index (κ2) is 38.4. The highest BCUT2D eigenvalue weighted by molar-refractivity contribution is 7.47. The van der Waals surface area contributed by atoms with E-state index in [0.717, 1.165) is 70.6 Å². The molecule has 3 atom stereocenters. The van der Waals surface area contributed by atoms with Gasteiger partial charge in [0.05, 0.1) is 25.4 Å². The van der Waals surface area contributed by atoms with E-state index in [1.807, 2.05) is 6.08 Å². The maximum atomic E-state index is 12.7. The van der Waals surface area contributed by atoms with Crippen molar-refractivity contribution in [2.24, 2.45) is 5.73 Å². The number of carbonyl (C=O) groups is 1. The number of rotatable bonds is 39. The molecule has 0 aliphatic rings. The van der Waals surface area contributed by atoms with Gasteiger partial charge >= 0.3 is 7.82 Å². The first kappa shape index (κ1) is 49.7. The van der Waals surface area contributed by atoms with Crippen LogP contribution in [-0.2, 0) is 18.4 Å². The minimum absolute atomic E-state index is 0.0757. The van der Waals surface area contributed by atoms with Crippen molar-refractivity contribution in [3.05, 3.63) is 36.5 Å². The van der Waals surface area contributed by atoms with Crippen LogP contribution in [-0.4, -0.2) is 47.8 Å². The van der Waals surface area contributed by atoms with Gasteiger partial charge in [0, 0.05) is 13.0 Å². The first-order valence-corrected chi connectivity index (χ1v) is 22.6. The molecular weight excluding hydrogens is 659 g/mol. The fourth-order valence-corrected chi connectivity index (χ4v) is 6.75. The summed E-state index contributed by atoms with van der Waals surface area (Å²) in [6, 6.07) is -0.866. The molecule has 0 spiro atoms. The summed E-state index contributed by atoms with van der Waals surface area (Å²) in [4.78, 5) is 22.6. The molecule has 3 unspecified atom stereocenters. The SMILES string of the molecule is CCC/C=C\C/C=C\CCCCCCCC(=O)NC(COP(=O)(O)OCCN)C(O)/C=C/CCCCCCCCCCCCCCCCCCC. The number of hydrogen-bond donors (Lipinski definition) is 4. The fraction of sp³-hybridized carbons (Fsp3) is 0.833. The number of phosphoric acid groups is 1. The fourth-order valence-electron chi connectivity index (χ4n) is 5.99. The van der Waals surface area contributed by atoms with Gasteiger partial charge in [-0.25, -0.2) is 4.57 Å². The molecule has 0 rings (SSSR count). The molecule has 5 N–H and O–H groups in total. The van der Waals surface area contributed by atoms with E-state index in [-0.39, 0.29) is 25.7 Å². The molecule has 9 heteroatoms. The van der Waals surface area contributed by atoms with Gasteiger partial charge in [-0.2, -0.15) is 0 Å². The summed E-state index contributed by atoms with van der Waals surface area (Å²) in [5.41, 5.74) is 5.36. The van der Waals surface area contributed by atoms with Gasteiger partial charge in [-0.05, 0) is 44.9 Å². The van der Waals surface area contributed by atoms with E-state index in [1.165, 1.54) is 103 Å². The second-order valence-electron chi connectivity index (χ2n) is 14.2. The van der Waals surface area contributed by atoms with Crippen LogP contribution in [0, 0.1) is 0 Å². The number of nitrogens with one attached hydrogen (secondary N) is 1. The summed E-state index contributed by atoms with van der Waals surface area (Å²) in [6.07, 6.45) is 44.8. The van der Waals surface area contributed by atoms with Gasteiger partial charge in [0.2, 0.25) is 5.91 Å². The minimum atomic E-state index is -4.34. The number of allylic oxidation sites excluding steroid dienone is 5. The predicted molar refractivity (Wildman–Crippen MR) is 217 cm³/mol. The third-order valence-electron chi connectivity index (χ3n) is 9.19. The number of unbranched alkanes of at least 4 members (excludes halogenated alkanes) is 23. The third-order valence-corrected chi connectivity index (χ3v) is 10.2.